The summed E-state index contributed by atoms with van der Waals surface area (Å²) in [7, 11) is -7.76. The van der Waals surface area contributed by atoms with Crippen LogP contribution in [-0.4, -0.2) is 53.5 Å². The van der Waals surface area contributed by atoms with Crippen LogP contribution in [0.3, 0.4) is 0 Å². The van der Waals surface area contributed by atoms with Crippen LogP contribution in [0.15, 0.2) is 0 Å². The van der Waals surface area contributed by atoms with Crippen molar-refractivity contribution < 1.29 is 89.3 Å². The van der Waals surface area contributed by atoms with Gasteiger partial charge in [0, 0.05) is 0 Å². The molecule has 5 nitrogen and oxygen atoms in total. The van der Waals surface area contributed by atoms with Crippen molar-refractivity contribution in [3.8, 4) is 0 Å². The molecular formula is C6F12LiNO4S. The van der Waals surface area contributed by atoms with E-state index in [2.05, 4.69) is 0 Å². The zero-order valence-electron chi connectivity index (χ0n) is 11.0. The van der Waals surface area contributed by atoms with Gasteiger partial charge in [0.25, 0.3) is 0 Å². The van der Waals surface area contributed by atoms with Crippen LogP contribution in [-0.2, 0) is 14.9 Å². The van der Waals surface area contributed by atoms with Gasteiger partial charge < -0.3 is 4.55 Å². The summed E-state index contributed by atoms with van der Waals surface area (Å²) in [4.78, 5) is -4.06. The molecule has 0 aliphatic carbocycles. The molecule has 0 aromatic carbocycles. The summed E-state index contributed by atoms with van der Waals surface area (Å²) in [6.45, 7) is 0. The summed E-state index contributed by atoms with van der Waals surface area (Å²) in [6, 6.07) is -22.3. The van der Waals surface area contributed by atoms with Crippen molar-refractivity contribution in [1.29, 1.82) is 0 Å². The van der Waals surface area contributed by atoms with Crippen LogP contribution in [0.4, 0.5) is 52.7 Å². The van der Waals surface area contributed by atoms with Gasteiger partial charge in [-0.25, -0.2) is 13.2 Å². The van der Waals surface area contributed by atoms with E-state index < -0.39 is 50.6 Å². The second-order valence-electron chi connectivity index (χ2n) is 4.07. The monoisotopic (exact) mass is 417 g/mol. The molecule has 0 saturated carbocycles. The van der Waals surface area contributed by atoms with E-state index in [4.69, 9.17) is 0 Å². The predicted octanol–water partition coefficient (Wildman–Crippen LogP) is -0.575. The quantitative estimate of drug-likeness (QED) is 0.266. The molecule has 1 aliphatic rings. The molecule has 144 valence electrons. The summed E-state index contributed by atoms with van der Waals surface area (Å²) in [6.07, 6.45) is -13.8. The molecule has 0 amide bonds. The van der Waals surface area contributed by atoms with Crippen molar-refractivity contribution in [1.82, 2.24) is 4.90 Å². The molecule has 0 bridgehead atoms. The van der Waals surface area contributed by atoms with E-state index in [-0.39, 0.29) is 18.9 Å². The average molecular weight is 417 g/mol. The largest absolute Gasteiger partial charge is 1.00 e. The van der Waals surface area contributed by atoms with Crippen molar-refractivity contribution >= 4 is 10.1 Å². The maximum absolute atomic E-state index is 13.2. The van der Waals surface area contributed by atoms with E-state index in [9.17, 15) is 65.7 Å². The SMILES string of the molecule is O=S(=O)([O-])C(F)(F)C(F)(F)N1C(F)(F)C(F)(F)OC(F)(F)C1(F)F.[Li+]. The van der Waals surface area contributed by atoms with Gasteiger partial charge in [-0.3, -0.25) is 0 Å². The number of halogens is 12. The Labute approximate surface area is 140 Å². The summed E-state index contributed by atoms with van der Waals surface area (Å²) < 4.78 is 186. The van der Waals surface area contributed by atoms with Gasteiger partial charge in [-0.1, -0.05) is 4.90 Å². The normalized spacial score (nSPS) is 26.0. The number of hydrogen-bond acceptors (Lipinski definition) is 5. The van der Waals surface area contributed by atoms with Gasteiger partial charge in [0.1, 0.15) is 0 Å². The Morgan fingerprint density at radius 1 is 0.800 bits per heavy atom. The third-order valence-electron chi connectivity index (χ3n) is 2.46. The molecule has 1 fully saturated rings. The number of ether oxygens (including phenoxy) is 1. The Bertz CT molecular complexity index is 610. The van der Waals surface area contributed by atoms with E-state index in [1.807, 2.05) is 0 Å². The number of nitrogens with zero attached hydrogens (tertiary/aromatic N) is 1. The van der Waals surface area contributed by atoms with Crippen LogP contribution < -0.4 is 18.9 Å². The van der Waals surface area contributed by atoms with E-state index in [1.165, 1.54) is 0 Å². The minimum atomic E-state index is -7.76. The van der Waals surface area contributed by atoms with Gasteiger partial charge in [-0.15, -0.1) is 0 Å². The summed E-state index contributed by atoms with van der Waals surface area (Å²) in [5.74, 6) is 0. The molecule has 1 rings (SSSR count). The fraction of sp³-hybridized carbons (Fsp3) is 1.00. The standard InChI is InChI=1S/C6HF12NO4S.Li/c7-1(8)4(13,14)23-5(15,16)2(9,10)19(1)3(11,12)6(17,18)24(20,21)22;/h(H,20,21,22);/q;+1/p-1. The Kier molecular flexibility index (Phi) is 5.70. The van der Waals surface area contributed by atoms with Crippen LogP contribution in [0.2, 0.25) is 0 Å². The molecular weight excluding hydrogens is 417 g/mol. The smallest absolute Gasteiger partial charge is 0.743 e. The number of alkyl halides is 12. The molecule has 1 heterocycles. The Balaban J connectivity index is 0.00000576. The maximum Gasteiger partial charge on any atom is 1.00 e. The minimum absolute atomic E-state index is 0. The first-order valence-corrected chi connectivity index (χ1v) is 6.21. The summed E-state index contributed by atoms with van der Waals surface area (Å²) in [5.41, 5.74) is 0. The van der Waals surface area contributed by atoms with Crippen molar-refractivity contribution in [2.24, 2.45) is 0 Å². The van der Waals surface area contributed by atoms with E-state index in [0.717, 1.165) is 0 Å². The van der Waals surface area contributed by atoms with Crippen molar-refractivity contribution in [3.05, 3.63) is 0 Å². The molecule has 1 aliphatic heterocycles. The Hall–Kier alpha value is -0.413. The maximum atomic E-state index is 13.2. The van der Waals surface area contributed by atoms with Gasteiger partial charge in [0.15, 0.2) is 10.1 Å². The summed E-state index contributed by atoms with van der Waals surface area (Å²) in [5, 5.41) is -7.43. The van der Waals surface area contributed by atoms with Crippen molar-refractivity contribution in [3.63, 3.8) is 0 Å². The summed E-state index contributed by atoms with van der Waals surface area (Å²) >= 11 is 0. The van der Waals surface area contributed by atoms with Crippen LogP contribution in [0.1, 0.15) is 0 Å². The van der Waals surface area contributed by atoms with E-state index in [1.54, 1.807) is 4.74 Å². The Morgan fingerprint density at radius 2 is 1.08 bits per heavy atom. The minimum Gasteiger partial charge on any atom is -0.743 e. The molecule has 0 atom stereocenters. The van der Waals surface area contributed by atoms with E-state index in [0.29, 0.717) is 0 Å². The third kappa shape index (κ3) is 3.10. The van der Waals surface area contributed by atoms with Crippen molar-refractivity contribution in [2.75, 3.05) is 0 Å². The van der Waals surface area contributed by atoms with Crippen LogP contribution >= 0.6 is 0 Å². The van der Waals surface area contributed by atoms with Crippen LogP contribution in [0.5, 0.6) is 0 Å². The fourth-order valence-corrected chi connectivity index (χ4v) is 1.75. The molecule has 0 aromatic heterocycles. The molecule has 0 spiro atoms. The number of rotatable bonds is 3. The fourth-order valence-electron chi connectivity index (χ4n) is 1.35. The van der Waals surface area contributed by atoms with Gasteiger partial charge in [-0.2, -0.15) is 52.7 Å². The van der Waals surface area contributed by atoms with Gasteiger partial charge in [0.2, 0.25) is 0 Å². The van der Waals surface area contributed by atoms with Gasteiger partial charge in [-0.05, 0) is 0 Å². The molecule has 0 N–H and O–H groups in total. The second-order valence-corrected chi connectivity index (χ2v) is 5.49. The van der Waals surface area contributed by atoms with Crippen molar-refractivity contribution in [2.45, 2.75) is 35.6 Å². The molecule has 0 unspecified atom stereocenters. The number of morpholine rings is 1. The molecule has 0 radical (unpaired) electrons. The molecule has 0 aromatic rings. The van der Waals surface area contributed by atoms with Gasteiger partial charge >= 0.3 is 54.5 Å². The Morgan fingerprint density at radius 3 is 1.32 bits per heavy atom. The topological polar surface area (TPSA) is 69.7 Å². The van der Waals surface area contributed by atoms with E-state index >= 15 is 0 Å². The predicted molar refractivity (Wildman–Crippen MR) is 42.3 cm³/mol. The first-order chi connectivity index (χ1) is 10.1. The first-order valence-electron chi connectivity index (χ1n) is 4.80. The van der Waals surface area contributed by atoms with Crippen LogP contribution in [0, 0.1) is 0 Å². The van der Waals surface area contributed by atoms with Gasteiger partial charge in [0.05, 0.1) is 0 Å². The number of hydrogen-bond donors (Lipinski definition) is 0. The second kappa shape index (κ2) is 5.79. The third-order valence-corrected chi connectivity index (χ3v) is 3.34. The molecule has 1 saturated heterocycles. The van der Waals surface area contributed by atoms with Crippen LogP contribution in [0.25, 0.3) is 0 Å². The molecule has 19 heteroatoms. The zero-order chi connectivity index (χ0) is 19.8. The zero-order valence-corrected chi connectivity index (χ0v) is 11.8. The molecule has 25 heavy (non-hydrogen) atoms. The average Bonchev–Trinajstić information content (AvgIpc) is 2.21. The first kappa shape index (κ1) is 24.6.